The van der Waals surface area contributed by atoms with Crippen molar-refractivity contribution in [2.24, 2.45) is 0 Å². The summed E-state index contributed by atoms with van der Waals surface area (Å²) in [5.74, 6) is 0. The summed E-state index contributed by atoms with van der Waals surface area (Å²) >= 11 is 0. The predicted octanol–water partition coefficient (Wildman–Crippen LogP) is 0.199. The summed E-state index contributed by atoms with van der Waals surface area (Å²) in [7, 11) is 0. The van der Waals surface area contributed by atoms with Crippen molar-refractivity contribution in [2.45, 2.75) is 13.8 Å². The van der Waals surface area contributed by atoms with Gasteiger partial charge in [0.05, 0.1) is 0 Å². The molecule has 0 aromatic carbocycles. The van der Waals surface area contributed by atoms with E-state index in [0.29, 0.717) is 0 Å². The molecule has 0 amide bonds. The summed E-state index contributed by atoms with van der Waals surface area (Å²) < 4.78 is 0. The van der Waals surface area contributed by atoms with Gasteiger partial charge in [-0.05, 0) is 0 Å². The van der Waals surface area contributed by atoms with Crippen molar-refractivity contribution >= 4 is 0 Å². The van der Waals surface area contributed by atoms with E-state index in [1.165, 1.54) is 0 Å². The second-order valence-electron chi connectivity index (χ2n) is 0. The van der Waals surface area contributed by atoms with Crippen LogP contribution in [0.3, 0.4) is 0 Å². The maximum Gasteiger partial charge on any atom is 0 e. The average molecular weight is 96.0 g/mol. The first kappa shape index (κ1) is 22.5. The van der Waals surface area contributed by atoms with Crippen LogP contribution in [0.1, 0.15) is 13.8 Å². The molecule has 2 N–H and O–H groups in total. The summed E-state index contributed by atoms with van der Waals surface area (Å²) in [6, 6.07) is 0. The van der Waals surface area contributed by atoms with E-state index in [4.69, 9.17) is 0 Å². The Morgan fingerprint density at radius 2 is 1.00 bits per heavy atom. The first-order valence-corrected chi connectivity index (χ1v) is 1.00. The molecule has 0 saturated carbocycles. The Morgan fingerprint density at radius 1 is 1.00 bits per heavy atom. The molecule has 0 aromatic heterocycles. The molecule has 0 unspecified atom stereocenters. The largest absolute Gasteiger partial charge is 0.412 e. The van der Waals surface area contributed by atoms with E-state index in [1.54, 1.807) is 0 Å². The van der Waals surface area contributed by atoms with Gasteiger partial charge < -0.3 is 5.48 Å². The van der Waals surface area contributed by atoms with Gasteiger partial charge in [0.15, 0.2) is 0 Å². The number of rotatable bonds is 0. The summed E-state index contributed by atoms with van der Waals surface area (Å²) in [6.07, 6.45) is 0. The number of hydrogen-bond acceptors (Lipinski definition) is 0. The Balaban J connectivity index is -0.00000000500. The van der Waals surface area contributed by atoms with Crippen LogP contribution in [0.5, 0.6) is 0 Å². The molecule has 0 aliphatic heterocycles. The summed E-state index contributed by atoms with van der Waals surface area (Å²) in [4.78, 5) is 0. The van der Waals surface area contributed by atoms with E-state index in [-0.39, 0.29) is 27.2 Å². The van der Waals surface area contributed by atoms with Gasteiger partial charge in [-0.3, -0.25) is 0 Å². The van der Waals surface area contributed by atoms with Gasteiger partial charge in [0.1, 0.15) is 0 Å². The summed E-state index contributed by atoms with van der Waals surface area (Å²) in [5, 5.41) is 0. The van der Waals surface area contributed by atoms with Crippen molar-refractivity contribution in [2.75, 3.05) is 0 Å². The zero-order chi connectivity index (χ0) is 2.00. The molecule has 0 aliphatic rings. The molecule has 0 atom stereocenters. The van der Waals surface area contributed by atoms with Crippen LogP contribution < -0.4 is 0 Å². The Labute approximate surface area is 41.6 Å². The zero-order valence-corrected chi connectivity index (χ0v) is 4.56. The van der Waals surface area contributed by atoms with Gasteiger partial charge >= 0.3 is 0 Å². The van der Waals surface area contributed by atoms with E-state index < -0.39 is 0 Å². The van der Waals surface area contributed by atoms with E-state index in [1.807, 2.05) is 13.8 Å². The van der Waals surface area contributed by atoms with Crippen LogP contribution in [0.4, 0.5) is 0 Å². The van der Waals surface area contributed by atoms with Gasteiger partial charge in [-0.1, -0.05) is 13.8 Å². The standard InChI is InChI=1S/C2H6.H2O.Ti/c1-2;;/h1-2H3;1H2;. The fourth-order valence-corrected chi connectivity index (χ4v) is 0. The Kier molecular flexibility index (Phi) is 325. The molecule has 0 heterocycles. The predicted molar refractivity (Wildman–Crippen MR) is 15.0 cm³/mol. The normalized spacial score (nSPS) is 1.50. The molecule has 0 saturated heterocycles. The maximum absolute atomic E-state index is 2.00. The SMILES string of the molecule is CC.O.[Ti]. The van der Waals surface area contributed by atoms with Crippen LogP contribution >= 0.6 is 0 Å². The molecule has 0 bridgehead atoms. The van der Waals surface area contributed by atoms with E-state index in [0.717, 1.165) is 0 Å². The van der Waals surface area contributed by atoms with Gasteiger partial charge in [-0.2, -0.15) is 0 Å². The molecule has 0 rings (SSSR count). The number of hydrogen-bond donors (Lipinski definition) is 0. The molecule has 4 heavy (non-hydrogen) atoms. The average Bonchev–Trinajstić information content (AvgIpc) is 1.00. The van der Waals surface area contributed by atoms with Crippen molar-refractivity contribution in [1.29, 1.82) is 0 Å². The Hall–Kier alpha value is 0.674. The molecule has 0 aromatic rings. The van der Waals surface area contributed by atoms with Crippen LogP contribution in [-0.4, -0.2) is 5.48 Å². The van der Waals surface area contributed by atoms with Gasteiger partial charge in [-0.25, -0.2) is 0 Å². The molecule has 1 nitrogen and oxygen atoms in total. The fourth-order valence-electron chi connectivity index (χ4n) is 0. The summed E-state index contributed by atoms with van der Waals surface area (Å²) in [6.45, 7) is 4.00. The van der Waals surface area contributed by atoms with Crippen LogP contribution in [0.2, 0.25) is 0 Å². The molecular formula is C2H8OTi. The van der Waals surface area contributed by atoms with E-state index in [9.17, 15) is 0 Å². The van der Waals surface area contributed by atoms with Gasteiger partial charge in [-0.15, -0.1) is 0 Å². The van der Waals surface area contributed by atoms with Crippen molar-refractivity contribution in [3.8, 4) is 0 Å². The molecule has 0 aliphatic carbocycles. The Morgan fingerprint density at radius 3 is 1.00 bits per heavy atom. The molecule has 0 spiro atoms. The maximum atomic E-state index is 2.00. The second-order valence-corrected chi connectivity index (χ2v) is 0. The minimum absolute atomic E-state index is 0. The first-order chi connectivity index (χ1) is 1.00. The fraction of sp³-hybridized carbons (Fsp3) is 1.00. The molecule has 0 radical (unpaired) electrons. The monoisotopic (exact) mass is 96.0 g/mol. The van der Waals surface area contributed by atoms with Crippen molar-refractivity contribution in [3.05, 3.63) is 0 Å². The minimum atomic E-state index is 0. The van der Waals surface area contributed by atoms with Crippen molar-refractivity contribution < 1.29 is 27.2 Å². The first-order valence-electron chi connectivity index (χ1n) is 1.00. The molecular weight excluding hydrogens is 87.9 g/mol. The van der Waals surface area contributed by atoms with Gasteiger partial charge in [0, 0.05) is 21.7 Å². The smallest absolute Gasteiger partial charge is 0 e. The molecule has 26 valence electrons. The van der Waals surface area contributed by atoms with Crippen LogP contribution in [-0.2, 0) is 21.7 Å². The third-order valence-electron chi connectivity index (χ3n) is 0. The quantitative estimate of drug-likeness (QED) is 0.386. The van der Waals surface area contributed by atoms with Gasteiger partial charge in [0.2, 0.25) is 0 Å². The van der Waals surface area contributed by atoms with Crippen molar-refractivity contribution in [3.63, 3.8) is 0 Å². The van der Waals surface area contributed by atoms with Crippen LogP contribution in [0, 0.1) is 0 Å². The third-order valence-corrected chi connectivity index (χ3v) is 0. The molecule has 2 heteroatoms. The molecule has 0 fully saturated rings. The van der Waals surface area contributed by atoms with Crippen LogP contribution in [0.15, 0.2) is 0 Å². The van der Waals surface area contributed by atoms with E-state index >= 15 is 0 Å². The third kappa shape index (κ3) is 16.5. The minimum Gasteiger partial charge on any atom is -0.412 e. The Bertz CT molecular complexity index is 6.00. The van der Waals surface area contributed by atoms with E-state index in [2.05, 4.69) is 0 Å². The van der Waals surface area contributed by atoms with Crippen molar-refractivity contribution in [1.82, 2.24) is 0 Å². The second kappa shape index (κ2) is 57.8. The van der Waals surface area contributed by atoms with Gasteiger partial charge in [0.25, 0.3) is 0 Å². The topological polar surface area (TPSA) is 31.5 Å². The summed E-state index contributed by atoms with van der Waals surface area (Å²) in [5.41, 5.74) is 0. The van der Waals surface area contributed by atoms with Crippen LogP contribution in [0.25, 0.3) is 0 Å². The zero-order valence-electron chi connectivity index (χ0n) is 3.00.